The highest BCUT2D eigenvalue weighted by Gasteiger charge is 2.51. The molecule has 16 heteroatoms. The Morgan fingerprint density at radius 3 is 2.36 bits per heavy atom. The van der Waals surface area contributed by atoms with Crippen molar-refractivity contribution in [3.63, 3.8) is 0 Å². The molecule has 1 heterocycles. The van der Waals surface area contributed by atoms with Gasteiger partial charge in [0, 0.05) is 32.1 Å². The number of ether oxygens (including phenoxy) is 1. The van der Waals surface area contributed by atoms with E-state index in [1.807, 2.05) is 5.32 Å². The molecule has 0 unspecified atom stereocenters. The van der Waals surface area contributed by atoms with Crippen LogP contribution in [0.4, 0.5) is 36.4 Å². The van der Waals surface area contributed by atoms with Gasteiger partial charge in [-0.2, -0.15) is 39.2 Å². The zero-order valence-corrected chi connectivity index (χ0v) is 19.1. The molecule has 1 atom stereocenters. The number of carbonyl (C=O) groups is 1. The largest absolute Gasteiger partial charge is 0.490 e. The first-order valence-electron chi connectivity index (χ1n) is 9.54. The van der Waals surface area contributed by atoms with Crippen molar-refractivity contribution in [3.8, 4) is 5.75 Å². The normalized spacial score (nSPS) is 14.1. The van der Waals surface area contributed by atoms with E-state index >= 15 is 0 Å². The lowest BCUT2D eigenvalue weighted by atomic mass is 10.00. The fraction of sp³-hybridized carbons (Fsp3) is 0.300. The number of rotatable bonds is 9. The molecule has 0 aliphatic rings. The number of hydrogen-bond acceptors (Lipinski definition) is 5. The maximum Gasteiger partial charge on any atom is 0.420 e. The molecular weight excluding hydrogens is 527 g/mol. The topological polar surface area (TPSA) is 110 Å². The van der Waals surface area contributed by atoms with E-state index in [0.29, 0.717) is 6.07 Å². The minimum absolute atomic E-state index is 0.199. The second-order valence-electron chi connectivity index (χ2n) is 7.26. The Labute approximate surface area is 199 Å². The summed E-state index contributed by atoms with van der Waals surface area (Å²) >= 11 is 0. The van der Waals surface area contributed by atoms with Gasteiger partial charge < -0.3 is 19.7 Å². The number of nitrogens with zero attached hydrogens (tertiary/aromatic N) is 2. The van der Waals surface area contributed by atoms with Crippen LogP contribution >= 0.6 is 0 Å². The van der Waals surface area contributed by atoms with Crippen LogP contribution in [0, 0.1) is 5.82 Å². The van der Waals surface area contributed by atoms with Crippen LogP contribution in [0.1, 0.15) is 22.5 Å². The minimum atomic E-state index is -5.16. The van der Waals surface area contributed by atoms with Gasteiger partial charge in [-0.3, -0.25) is 4.79 Å². The van der Waals surface area contributed by atoms with Gasteiger partial charge >= 0.3 is 12.4 Å². The van der Waals surface area contributed by atoms with Crippen LogP contribution in [0.5, 0.6) is 5.75 Å². The quantitative estimate of drug-likeness (QED) is 0.281. The number of aromatic nitrogens is 1. The summed E-state index contributed by atoms with van der Waals surface area (Å²) in [4.78, 5) is 12.0. The maximum atomic E-state index is 13.5. The van der Waals surface area contributed by atoms with Crippen molar-refractivity contribution < 1.29 is 53.8 Å². The van der Waals surface area contributed by atoms with Crippen LogP contribution in [0.3, 0.4) is 0 Å². The first kappa shape index (κ1) is 28.8. The number of anilines is 1. The van der Waals surface area contributed by atoms with Crippen molar-refractivity contribution in [3.05, 3.63) is 54.1 Å². The molecule has 36 heavy (non-hydrogen) atoms. The van der Waals surface area contributed by atoms with E-state index < -0.39 is 80.3 Å². The molecular formula is C20H18F7N3O5S. The molecule has 1 amide bonds. The summed E-state index contributed by atoms with van der Waals surface area (Å²) in [7, 11) is -3.45. The molecule has 0 saturated carbocycles. The predicted molar refractivity (Wildman–Crippen MR) is 113 cm³/mol. The Balaban J connectivity index is 2.49. The number of amides is 1. The molecule has 2 aromatic rings. The third kappa shape index (κ3) is 5.87. The van der Waals surface area contributed by atoms with Crippen LogP contribution in [0.2, 0.25) is 0 Å². The van der Waals surface area contributed by atoms with Crippen LogP contribution < -0.4 is 10.1 Å². The summed E-state index contributed by atoms with van der Waals surface area (Å²) in [6.45, 7) is 4.78. The Bertz CT molecular complexity index is 1290. The van der Waals surface area contributed by atoms with Crippen molar-refractivity contribution in [2.24, 2.45) is 11.4 Å². The van der Waals surface area contributed by atoms with Crippen LogP contribution in [0.25, 0.3) is 0 Å². The zero-order chi connectivity index (χ0) is 27.7. The van der Waals surface area contributed by atoms with Crippen LogP contribution in [-0.4, -0.2) is 49.1 Å². The number of benzene rings is 1. The smallest absolute Gasteiger partial charge is 0.420 e. The van der Waals surface area contributed by atoms with Crippen molar-refractivity contribution in [1.82, 2.24) is 4.57 Å². The third-order valence-electron chi connectivity index (χ3n) is 4.85. The van der Waals surface area contributed by atoms with Crippen LogP contribution in [-0.2, 0) is 23.2 Å². The molecule has 0 fully saturated rings. The fourth-order valence-corrected chi connectivity index (χ4v) is 3.73. The minimum Gasteiger partial charge on any atom is -0.490 e. The highest BCUT2D eigenvalue weighted by molar-refractivity contribution is 7.90. The summed E-state index contributed by atoms with van der Waals surface area (Å²) in [6.07, 6.45) is -10.4. The van der Waals surface area contributed by atoms with Gasteiger partial charge in [-0.25, -0.2) is 4.39 Å². The second-order valence-corrected chi connectivity index (χ2v) is 8.91. The molecule has 0 bridgehead atoms. The summed E-state index contributed by atoms with van der Waals surface area (Å²) in [5.74, 6) is -3.69. The second kappa shape index (κ2) is 9.93. The van der Waals surface area contributed by atoms with E-state index in [0.717, 1.165) is 23.9 Å². The highest BCUT2D eigenvalue weighted by Crippen LogP contribution is 2.37. The summed E-state index contributed by atoms with van der Waals surface area (Å²) < 4.78 is 125. The van der Waals surface area contributed by atoms with E-state index in [9.17, 15) is 49.1 Å². The lowest BCUT2D eigenvalue weighted by Crippen LogP contribution is -2.44. The Morgan fingerprint density at radius 1 is 1.25 bits per heavy atom. The van der Waals surface area contributed by atoms with Crippen molar-refractivity contribution in [2.45, 2.75) is 29.3 Å². The molecule has 1 aromatic carbocycles. The number of aryl methyl sites for hydroxylation is 1. The predicted octanol–water partition coefficient (Wildman–Crippen LogP) is 4.07. The lowest BCUT2D eigenvalue weighted by molar-refractivity contribution is -0.243. The molecule has 2 rings (SSSR count). The van der Waals surface area contributed by atoms with E-state index in [1.54, 1.807) is 0 Å². The summed E-state index contributed by atoms with van der Waals surface area (Å²) in [5, 5.41) is 11.7. The number of aliphatic hydroxyl groups is 1. The average molecular weight is 545 g/mol. The van der Waals surface area contributed by atoms with Gasteiger partial charge in [0.15, 0.2) is 17.0 Å². The fourth-order valence-electron chi connectivity index (χ4n) is 2.91. The number of hydrogen-bond donors (Lipinski definition) is 2. The molecule has 0 radical (unpaired) electrons. The summed E-state index contributed by atoms with van der Waals surface area (Å²) in [6, 6.07) is 1.52. The monoisotopic (exact) mass is 545 g/mol. The number of alkyl halides is 6. The molecule has 0 saturated heterocycles. The molecule has 0 aliphatic heterocycles. The third-order valence-corrected chi connectivity index (χ3v) is 6.04. The maximum absolute atomic E-state index is 13.5. The first-order valence-corrected chi connectivity index (χ1v) is 11.0. The van der Waals surface area contributed by atoms with E-state index in [2.05, 4.69) is 17.7 Å². The Hall–Kier alpha value is -3.40. The number of halogens is 7. The lowest BCUT2D eigenvalue weighted by Gasteiger charge is -2.27. The van der Waals surface area contributed by atoms with Gasteiger partial charge in [0.25, 0.3) is 15.9 Å². The Kier molecular flexibility index (Phi) is 7.95. The van der Waals surface area contributed by atoms with Gasteiger partial charge in [0.05, 0.1) is 12.2 Å². The van der Waals surface area contributed by atoms with Gasteiger partial charge in [0.1, 0.15) is 10.7 Å². The molecule has 198 valence electrons. The van der Waals surface area contributed by atoms with Crippen LogP contribution in [0.15, 0.2) is 46.3 Å². The van der Waals surface area contributed by atoms with E-state index in [1.165, 1.54) is 0 Å². The number of sulfonamides is 1. The molecule has 8 nitrogen and oxygen atoms in total. The standard InChI is InChI=1S/C20H18F7N3O5S/c1-4-18(32,20(25,26)27)7-8-35-16-14(36(33,34)28-2)10-30(3)15(16)17(31)29-11-5-6-13(21)12(9-11)19(22,23)24/h4-6,9-10,32H,1-2,7-8H2,3H3,(H,29,31)/t18-/m0/s1. The van der Waals surface area contributed by atoms with E-state index in [4.69, 9.17) is 4.74 Å². The van der Waals surface area contributed by atoms with Crippen molar-refractivity contribution in [1.29, 1.82) is 0 Å². The highest BCUT2D eigenvalue weighted by atomic mass is 32.2. The number of carbonyl (C=O) groups excluding carboxylic acids is 1. The van der Waals surface area contributed by atoms with Gasteiger partial charge in [-0.05, 0) is 18.2 Å². The van der Waals surface area contributed by atoms with Gasteiger partial charge in [0.2, 0.25) is 0 Å². The molecule has 2 N–H and O–H groups in total. The number of nitrogens with one attached hydrogen (secondary N) is 1. The zero-order valence-electron chi connectivity index (χ0n) is 18.2. The van der Waals surface area contributed by atoms with Crippen molar-refractivity contribution in [2.75, 3.05) is 11.9 Å². The van der Waals surface area contributed by atoms with E-state index in [-0.39, 0.29) is 12.1 Å². The van der Waals surface area contributed by atoms with Gasteiger partial charge in [-0.1, -0.05) is 12.7 Å². The Morgan fingerprint density at radius 2 is 1.86 bits per heavy atom. The molecule has 1 aromatic heterocycles. The molecule has 0 spiro atoms. The first-order chi connectivity index (χ1) is 16.4. The average Bonchev–Trinajstić information content (AvgIpc) is 3.10. The SMILES string of the molecule is C=C[C@](O)(CCOc1c(S(=O)(=O)N=C)cn(C)c1C(=O)Nc1ccc(F)c(C(F)(F)F)c1)C(F)(F)F. The van der Waals surface area contributed by atoms with Crippen molar-refractivity contribution >= 4 is 28.3 Å². The van der Waals surface area contributed by atoms with Gasteiger partial charge in [-0.15, -0.1) is 0 Å². The molecule has 0 aliphatic carbocycles. The summed E-state index contributed by atoms with van der Waals surface area (Å²) in [5.41, 5.74) is -6.30.